The molecule has 51 heavy (non-hydrogen) atoms. The largest absolute Gasteiger partial charge is 0.465 e. The Bertz CT molecular complexity index is 2200. The van der Waals surface area contributed by atoms with E-state index in [1.54, 1.807) is 0 Å². The van der Waals surface area contributed by atoms with Gasteiger partial charge in [-0.1, -0.05) is 37.3 Å². The van der Waals surface area contributed by atoms with Crippen LogP contribution in [0.25, 0.3) is 33.1 Å². The van der Waals surface area contributed by atoms with Gasteiger partial charge in [0.15, 0.2) is 5.82 Å². The van der Waals surface area contributed by atoms with Crippen LogP contribution in [0, 0.1) is 11.6 Å². The number of nitrogens with one attached hydrogen (secondary N) is 2. The van der Waals surface area contributed by atoms with Gasteiger partial charge in [0.25, 0.3) is 0 Å². The number of fused-ring (bicyclic) bond motifs is 2. The summed E-state index contributed by atoms with van der Waals surface area (Å²) in [5.74, 6) is -2.31. The molecule has 20 heteroatoms. The summed E-state index contributed by atoms with van der Waals surface area (Å²) >= 11 is 6.48. The predicted molar refractivity (Wildman–Crippen MR) is 184 cm³/mol. The van der Waals surface area contributed by atoms with Crippen LogP contribution in [-0.4, -0.2) is 71.3 Å². The standard InChI is InChI=1S/C31H33ClF5N7O5SSi/c1-50(47,48)42-29-26-22(32)6-5-20(28(26)43(41-29)15-31(35,36)37)21-13-25-24(14-38-44(25)16-49-7-8-51(2,3)4)39-27(21)23(40-30(45)46)11-17-9-18(33)12-19(34)10-17/h5-6,9-10,12-14,23,40H,7-8,11,15-16H2,1-4H3,(H,41,42)(H,45,46). The van der Waals surface area contributed by atoms with Gasteiger partial charge in [0.2, 0.25) is 10.0 Å². The molecule has 0 aliphatic rings. The Hall–Kier alpha value is -4.33. The van der Waals surface area contributed by atoms with Gasteiger partial charge in [0.1, 0.15) is 30.4 Å². The van der Waals surface area contributed by atoms with Crippen molar-refractivity contribution in [2.45, 2.75) is 57.6 Å². The van der Waals surface area contributed by atoms with Crippen LogP contribution in [0.15, 0.2) is 42.6 Å². The molecule has 3 heterocycles. The first-order valence-corrected chi connectivity index (χ1v) is 21.3. The molecule has 0 bridgehead atoms. The molecule has 1 atom stereocenters. The highest BCUT2D eigenvalue weighted by atomic mass is 35.5. The molecule has 0 fully saturated rings. The van der Waals surface area contributed by atoms with Crippen LogP contribution in [0.3, 0.4) is 0 Å². The fourth-order valence-corrected chi connectivity index (χ4v) is 6.99. The van der Waals surface area contributed by atoms with Crippen LogP contribution in [-0.2, 0) is 34.5 Å². The first-order chi connectivity index (χ1) is 23.7. The van der Waals surface area contributed by atoms with E-state index in [4.69, 9.17) is 21.3 Å². The fraction of sp³-hybridized carbons (Fsp3) is 0.355. The topological polar surface area (TPSA) is 153 Å². The number of halogens is 6. The van der Waals surface area contributed by atoms with Crippen molar-refractivity contribution < 1.29 is 45.0 Å². The molecule has 0 spiro atoms. The summed E-state index contributed by atoms with van der Waals surface area (Å²) in [4.78, 5) is 16.8. The number of benzene rings is 2. The van der Waals surface area contributed by atoms with Gasteiger partial charge in [-0.2, -0.15) is 23.4 Å². The number of rotatable bonds is 13. The highest BCUT2D eigenvalue weighted by molar-refractivity contribution is 7.92. The third-order valence-corrected chi connectivity index (χ3v) is 10.2. The molecule has 1 amide bonds. The van der Waals surface area contributed by atoms with Crippen molar-refractivity contribution in [2.75, 3.05) is 17.6 Å². The van der Waals surface area contributed by atoms with E-state index in [1.165, 1.54) is 29.1 Å². The molecule has 12 nitrogen and oxygen atoms in total. The second-order valence-electron chi connectivity index (χ2n) is 13.1. The van der Waals surface area contributed by atoms with Crippen LogP contribution in [0.1, 0.15) is 17.3 Å². The molecule has 1 unspecified atom stereocenters. The normalized spacial score (nSPS) is 13.2. The Balaban J connectivity index is 1.79. The summed E-state index contributed by atoms with van der Waals surface area (Å²) in [6.45, 7) is 5.32. The molecular weight excluding hydrogens is 741 g/mol. The van der Waals surface area contributed by atoms with Gasteiger partial charge in [-0.05, 0) is 42.3 Å². The Labute approximate surface area is 294 Å². The molecule has 0 aliphatic carbocycles. The molecule has 0 saturated carbocycles. The van der Waals surface area contributed by atoms with Gasteiger partial charge < -0.3 is 15.2 Å². The zero-order valence-corrected chi connectivity index (χ0v) is 30.2. The smallest absolute Gasteiger partial charge is 0.408 e. The van der Waals surface area contributed by atoms with Gasteiger partial charge in [0.05, 0.1) is 45.6 Å². The molecule has 5 aromatic rings. The lowest BCUT2D eigenvalue weighted by atomic mass is 9.93. The lowest BCUT2D eigenvalue weighted by Crippen LogP contribution is -2.29. The number of pyridine rings is 1. The minimum Gasteiger partial charge on any atom is -0.465 e. The van der Waals surface area contributed by atoms with Gasteiger partial charge in [0, 0.05) is 31.9 Å². The first kappa shape index (κ1) is 37.9. The molecule has 5 rings (SSSR count). The summed E-state index contributed by atoms with van der Waals surface area (Å²) in [6, 6.07) is 6.40. The lowest BCUT2D eigenvalue weighted by Gasteiger charge is -2.21. The van der Waals surface area contributed by atoms with Crippen LogP contribution in [0.4, 0.5) is 32.6 Å². The highest BCUT2D eigenvalue weighted by Gasteiger charge is 2.33. The maximum Gasteiger partial charge on any atom is 0.408 e. The van der Waals surface area contributed by atoms with Crippen molar-refractivity contribution in [1.82, 2.24) is 29.9 Å². The molecule has 0 saturated heterocycles. The summed E-state index contributed by atoms with van der Waals surface area (Å²) < 4.78 is 105. The average molecular weight is 774 g/mol. The Kier molecular flexibility index (Phi) is 10.7. The Morgan fingerprint density at radius 1 is 1.08 bits per heavy atom. The number of hydrogen-bond acceptors (Lipinski definition) is 7. The number of aromatic nitrogens is 5. The Morgan fingerprint density at radius 3 is 2.37 bits per heavy atom. The summed E-state index contributed by atoms with van der Waals surface area (Å²) in [6.07, 6.45) is -4.50. The van der Waals surface area contributed by atoms with E-state index in [0.29, 0.717) is 22.9 Å². The quantitative estimate of drug-likeness (QED) is 0.0647. The second-order valence-corrected chi connectivity index (χ2v) is 20.9. The number of hydrogen-bond donors (Lipinski definition) is 3. The summed E-state index contributed by atoms with van der Waals surface area (Å²) in [5, 5.41) is 20.1. The number of amides is 1. The van der Waals surface area contributed by atoms with Gasteiger partial charge in [-0.15, -0.1) is 0 Å². The van der Waals surface area contributed by atoms with Crippen molar-refractivity contribution in [2.24, 2.45) is 0 Å². The number of nitrogens with zero attached hydrogens (tertiary/aromatic N) is 5. The molecule has 0 aliphatic heterocycles. The number of anilines is 1. The van der Waals surface area contributed by atoms with E-state index in [2.05, 4.69) is 39.9 Å². The van der Waals surface area contributed by atoms with E-state index in [1.807, 2.05) is 0 Å². The zero-order chi connectivity index (χ0) is 37.5. The third kappa shape index (κ3) is 9.51. The predicted octanol–water partition coefficient (Wildman–Crippen LogP) is 7.18. The van der Waals surface area contributed by atoms with Crippen LogP contribution in [0.2, 0.25) is 30.7 Å². The van der Waals surface area contributed by atoms with Crippen molar-refractivity contribution in [3.05, 3.63) is 70.5 Å². The molecule has 274 valence electrons. The Morgan fingerprint density at radius 2 is 1.76 bits per heavy atom. The number of ether oxygens (including phenoxy) is 1. The van der Waals surface area contributed by atoms with E-state index in [9.17, 15) is 40.3 Å². The number of carboxylic acid groups (broad SMARTS) is 1. The number of sulfonamides is 1. The van der Waals surface area contributed by atoms with Crippen LogP contribution < -0.4 is 10.0 Å². The molecule has 2 aromatic carbocycles. The first-order valence-electron chi connectivity index (χ1n) is 15.3. The minimum atomic E-state index is -4.83. The third-order valence-electron chi connectivity index (χ3n) is 7.60. The van der Waals surface area contributed by atoms with Crippen molar-refractivity contribution in [3.63, 3.8) is 0 Å². The fourth-order valence-electron chi connectivity index (χ4n) is 5.49. The number of carbonyl (C=O) groups is 1. The van der Waals surface area contributed by atoms with Crippen molar-refractivity contribution >= 4 is 63.5 Å². The highest BCUT2D eigenvalue weighted by Crippen LogP contribution is 2.42. The van der Waals surface area contributed by atoms with Crippen molar-refractivity contribution in [1.29, 1.82) is 0 Å². The van der Waals surface area contributed by atoms with Crippen molar-refractivity contribution in [3.8, 4) is 11.1 Å². The average Bonchev–Trinajstić information content (AvgIpc) is 3.52. The minimum absolute atomic E-state index is 0.00659. The van der Waals surface area contributed by atoms with Crippen LogP contribution >= 0.6 is 11.6 Å². The van der Waals surface area contributed by atoms with E-state index in [-0.39, 0.29) is 57.0 Å². The summed E-state index contributed by atoms with van der Waals surface area (Å²) in [7, 11) is -5.49. The van der Waals surface area contributed by atoms with E-state index < -0.39 is 60.4 Å². The zero-order valence-electron chi connectivity index (χ0n) is 27.6. The van der Waals surface area contributed by atoms with E-state index in [0.717, 1.165) is 24.4 Å². The second kappa shape index (κ2) is 14.4. The monoisotopic (exact) mass is 773 g/mol. The molecule has 3 aromatic heterocycles. The lowest BCUT2D eigenvalue weighted by molar-refractivity contribution is -0.141. The SMILES string of the molecule is C[Si](C)(C)CCOCn1ncc2nc(C(Cc3cc(F)cc(F)c3)NC(=O)O)c(-c3ccc(Cl)c4c(NS(C)(=O)=O)nn(CC(F)(F)F)c34)cc21. The molecule has 3 N–H and O–H groups in total. The summed E-state index contributed by atoms with van der Waals surface area (Å²) in [5.41, 5.74) is 0.427. The van der Waals surface area contributed by atoms with Gasteiger partial charge >= 0.3 is 12.3 Å². The van der Waals surface area contributed by atoms with Gasteiger partial charge in [-0.25, -0.2) is 31.7 Å². The maximum atomic E-state index is 14.2. The molecular formula is C31H33ClF5N7O5SSi. The van der Waals surface area contributed by atoms with E-state index >= 15 is 0 Å². The maximum absolute atomic E-state index is 14.2. The number of alkyl halides is 3. The van der Waals surface area contributed by atoms with Crippen LogP contribution in [0.5, 0.6) is 0 Å². The molecule has 0 radical (unpaired) electrons. The van der Waals surface area contributed by atoms with Gasteiger partial charge in [-0.3, -0.25) is 9.40 Å².